The van der Waals surface area contributed by atoms with Crippen LogP contribution in [0.4, 0.5) is 0 Å². The summed E-state index contributed by atoms with van der Waals surface area (Å²) in [6.07, 6.45) is 2.06. The average molecular weight is 305 g/mol. The maximum absolute atomic E-state index is 11.4. The van der Waals surface area contributed by atoms with Crippen molar-refractivity contribution in [2.24, 2.45) is 5.73 Å². The Morgan fingerprint density at radius 2 is 1.48 bits per heavy atom. The Labute approximate surface area is 125 Å². The fourth-order valence-electron chi connectivity index (χ4n) is 1.91. The fraction of sp³-hybridized carbons (Fsp3) is 0.250. The molecule has 0 spiro atoms. The van der Waals surface area contributed by atoms with Gasteiger partial charge in [-0.05, 0) is 48.4 Å². The molecule has 0 aliphatic heterocycles. The van der Waals surface area contributed by atoms with E-state index in [1.165, 1.54) is 18.4 Å². The predicted molar refractivity (Wildman–Crippen MR) is 83.3 cm³/mol. The zero-order valence-electron chi connectivity index (χ0n) is 12.1. The first-order valence-corrected chi connectivity index (χ1v) is 8.63. The molecule has 0 heterocycles. The monoisotopic (exact) mass is 305 g/mol. The normalized spacial score (nSPS) is 12.9. The van der Waals surface area contributed by atoms with Gasteiger partial charge in [-0.25, -0.2) is 8.42 Å². The van der Waals surface area contributed by atoms with Crippen molar-refractivity contribution >= 4 is 9.84 Å². The van der Waals surface area contributed by atoms with Crippen molar-refractivity contribution in [3.8, 4) is 11.5 Å². The summed E-state index contributed by atoms with van der Waals surface area (Å²) in [7, 11) is -3.18. The van der Waals surface area contributed by atoms with Gasteiger partial charge in [0.15, 0.2) is 9.84 Å². The van der Waals surface area contributed by atoms with Crippen molar-refractivity contribution in [1.82, 2.24) is 0 Å². The van der Waals surface area contributed by atoms with Gasteiger partial charge in [-0.2, -0.15) is 0 Å². The van der Waals surface area contributed by atoms with Crippen LogP contribution in [0.5, 0.6) is 11.5 Å². The average Bonchev–Trinajstić information content (AvgIpc) is 2.47. The molecule has 2 rings (SSSR count). The van der Waals surface area contributed by atoms with Gasteiger partial charge in [-0.1, -0.05) is 19.1 Å². The molecule has 21 heavy (non-hydrogen) atoms. The summed E-state index contributed by atoms with van der Waals surface area (Å²) in [5.41, 5.74) is 7.02. The molecule has 0 amide bonds. The second-order valence-electron chi connectivity index (χ2n) is 4.93. The van der Waals surface area contributed by atoms with Crippen LogP contribution in [0.15, 0.2) is 53.4 Å². The maximum Gasteiger partial charge on any atom is 0.175 e. The van der Waals surface area contributed by atoms with E-state index in [4.69, 9.17) is 10.5 Å². The van der Waals surface area contributed by atoms with Crippen molar-refractivity contribution < 1.29 is 13.2 Å². The summed E-state index contributed by atoms with van der Waals surface area (Å²) in [6, 6.07) is 14.0. The second kappa shape index (κ2) is 6.28. The lowest BCUT2D eigenvalue weighted by Crippen LogP contribution is -2.07. The Bertz CT molecular complexity index is 691. The SMILES string of the molecule is CCC(N)c1ccc(Oc2ccc(S(C)(=O)=O)cc2)cc1. The second-order valence-corrected chi connectivity index (χ2v) is 6.95. The van der Waals surface area contributed by atoms with Crippen molar-refractivity contribution in [2.75, 3.05) is 6.26 Å². The Morgan fingerprint density at radius 1 is 1.00 bits per heavy atom. The number of hydrogen-bond donors (Lipinski definition) is 1. The standard InChI is InChI=1S/C16H19NO3S/c1-3-16(17)12-4-6-13(7-5-12)20-14-8-10-15(11-9-14)21(2,18)19/h4-11,16H,3,17H2,1-2H3. The summed E-state index contributed by atoms with van der Waals surface area (Å²) in [5, 5.41) is 0. The van der Waals surface area contributed by atoms with Gasteiger partial charge in [-0.15, -0.1) is 0 Å². The Morgan fingerprint density at radius 3 is 1.90 bits per heavy atom. The summed E-state index contributed by atoms with van der Waals surface area (Å²) < 4.78 is 28.4. The third kappa shape index (κ3) is 4.06. The van der Waals surface area contributed by atoms with E-state index in [1.807, 2.05) is 31.2 Å². The molecule has 5 heteroatoms. The van der Waals surface area contributed by atoms with E-state index in [-0.39, 0.29) is 10.9 Å². The van der Waals surface area contributed by atoms with Gasteiger partial charge in [0.1, 0.15) is 11.5 Å². The molecule has 0 aromatic heterocycles. The minimum Gasteiger partial charge on any atom is -0.457 e. The van der Waals surface area contributed by atoms with Crippen molar-refractivity contribution in [2.45, 2.75) is 24.3 Å². The molecule has 2 aromatic rings. The molecule has 0 aliphatic carbocycles. The topological polar surface area (TPSA) is 69.4 Å². The van der Waals surface area contributed by atoms with Crippen LogP contribution in [0.25, 0.3) is 0 Å². The number of sulfone groups is 1. The molecule has 0 saturated carbocycles. The van der Waals surface area contributed by atoms with Crippen molar-refractivity contribution in [1.29, 1.82) is 0 Å². The van der Waals surface area contributed by atoms with Gasteiger partial charge in [-0.3, -0.25) is 0 Å². The zero-order valence-corrected chi connectivity index (χ0v) is 12.9. The van der Waals surface area contributed by atoms with E-state index in [1.54, 1.807) is 12.1 Å². The molecule has 2 aromatic carbocycles. The zero-order chi connectivity index (χ0) is 15.5. The van der Waals surface area contributed by atoms with Crippen molar-refractivity contribution in [3.63, 3.8) is 0 Å². The first-order valence-electron chi connectivity index (χ1n) is 6.73. The number of rotatable bonds is 5. The van der Waals surface area contributed by atoms with Gasteiger partial charge >= 0.3 is 0 Å². The van der Waals surface area contributed by atoms with Crippen LogP contribution in [-0.2, 0) is 9.84 Å². The lowest BCUT2D eigenvalue weighted by molar-refractivity contribution is 0.481. The van der Waals surface area contributed by atoms with Crippen LogP contribution in [0, 0.1) is 0 Å². The molecule has 0 bridgehead atoms. The molecule has 0 fully saturated rings. The van der Waals surface area contributed by atoms with Crippen LogP contribution in [-0.4, -0.2) is 14.7 Å². The minimum absolute atomic E-state index is 0.0353. The number of hydrogen-bond acceptors (Lipinski definition) is 4. The molecular formula is C16H19NO3S. The van der Waals surface area contributed by atoms with E-state index in [9.17, 15) is 8.42 Å². The van der Waals surface area contributed by atoms with Gasteiger partial charge in [0, 0.05) is 12.3 Å². The van der Waals surface area contributed by atoms with E-state index >= 15 is 0 Å². The highest BCUT2D eigenvalue weighted by Crippen LogP contribution is 2.24. The minimum atomic E-state index is -3.18. The quantitative estimate of drug-likeness (QED) is 0.920. The number of nitrogens with two attached hydrogens (primary N) is 1. The fourth-order valence-corrected chi connectivity index (χ4v) is 2.54. The first kappa shape index (κ1) is 15.5. The molecule has 2 N–H and O–H groups in total. The van der Waals surface area contributed by atoms with Crippen LogP contribution in [0.2, 0.25) is 0 Å². The molecule has 0 aliphatic rings. The summed E-state index contributed by atoms with van der Waals surface area (Å²) >= 11 is 0. The first-order chi connectivity index (χ1) is 9.90. The smallest absolute Gasteiger partial charge is 0.175 e. The summed E-state index contributed by atoms with van der Waals surface area (Å²) in [5.74, 6) is 1.28. The van der Waals surface area contributed by atoms with E-state index in [2.05, 4.69) is 0 Å². The predicted octanol–water partition coefficient (Wildman–Crippen LogP) is 3.29. The molecule has 112 valence electrons. The largest absolute Gasteiger partial charge is 0.457 e. The summed E-state index contributed by atoms with van der Waals surface area (Å²) in [4.78, 5) is 0.277. The van der Waals surface area contributed by atoms with E-state index < -0.39 is 9.84 Å². The van der Waals surface area contributed by atoms with Crippen LogP contribution >= 0.6 is 0 Å². The van der Waals surface area contributed by atoms with E-state index in [0.717, 1.165) is 12.0 Å². The lowest BCUT2D eigenvalue weighted by atomic mass is 10.1. The number of ether oxygens (including phenoxy) is 1. The van der Waals surface area contributed by atoms with Crippen LogP contribution < -0.4 is 10.5 Å². The molecular weight excluding hydrogens is 286 g/mol. The summed E-state index contributed by atoms with van der Waals surface area (Å²) in [6.45, 7) is 2.04. The molecule has 4 nitrogen and oxygen atoms in total. The van der Waals surface area contributed by atoms with Gasteiger partial charge < -0.3 is 10.5 Å². The molecule has 1 atom stereocenters. The number of benzene rings is 2. The van der Waals surface area contributed by atoms with E-state index in [0.29, 0.717) is 11.5 Å². The Kier molecular flexibility index (Phi) is 4.65. The highest BCUT2D eigenvalue weighted by atomic mass is 32.2. The van der Waals surface area contributed by atoms with Gasteiger partial charge in [0.05, 0.1) is 4.90 Å². The van der Waals surface area contributed by atoms with Gasteiger partial charge in [0.2, 0.25) is 0 Å². The Balaban J connectivity index is 2.11. The van der Waals surface area contributed by atoms with Crippen LogP contribution in [0.1, 0.15) is 24.9 Å². The Hall–Kier alpha value is -1.85. The van der Waals surface area contributed by atoms with Crippen molar-refractivity contribution in [3.05, 3.63) is 54.1 Å². The lowest BCUT2D eigenvalue weighted by Gasteiger charge is -2.11. The molecule has 1 unspecified atom stereocenters. The third-order valence-corrected chi connectivity index (χ3v) is 4.36. The molecule has 0 radical (unpaired) electrons. The third-order valence-electron chi connectivity index (χ3n) is 3.24. The highest BCUT2D eigenvalue weighted by Gasteiger charge is 2.07. The molecule has 0 saturated heterocycles. The van der Waals surface area contributed by atoms with Crippen LogP contribution in [0.3, 0.4) is 0 Å². The van der Waals surface area contributed by atoms with Gasteiger partial charge in [0.25, 0.3) is 0 Å². The highest BCUT2D eigenvalue weighted by molar-refractivity contribution is 7.90. The maximum atomic E-state index is 11.4.